The number of hydrogen-bond acceptors (Lipinski definition) is 8. The van der Waals surface area contributed by atoms with E-state index in [1.54, 1.807) is 71.9 Å². The fourth-order valence-corrected chi connectivity index (χ4v) is 6.08. The number of alkyl halides is 3. The maximum absolute atomic E-state index is 17.2. The highest BCUT2D eigenvalue weighted by Crippen LogP contribution is 2.46. The predicted octanol–water partition coefficient (Wildman–Crippen LogP) is 8.35. The summed E-state index contributed by atoms with van der Waals surface area (Å²) in [6.07, 6.45) is -4.65. The molecule has 3 amide bonds. The Bertz CT molecular complexity index is 1690. The number of fused-ring (bicyclic) bond motifs is 1. The molecule has 1 fully saturated rings. The van der Waals surface area contributed by atoms with Crippen molar-refractivity contribution in [3.05, 3.63) is 53.3 Å². The average Bonchev–Trinajstić information content (AvgIpc) is 3.35. The number of ether oxygens (including phenoxy) is 4. The van der Waals surface area contributed by atoms with Crippen LogP contribution in [0.5, 0.6) is 5.75 Å². The molecule has 1 heterocycles. The Kier molecular flexibility index (Phi) is 12.5. The van der Waals surface area contributed by atoms with Gasteiger partial charge >= 0.3 is 30.2 Å². The lowest BCUT2D eigenvalue weighted by molar-refractivity contribution is -0.171. The smallest absolute Gasteiger partial charge is 0.471 e. The summed E-state index contributed by atoms with van der Waals surface area (Å²) in [6.45, 7) is 13.1. The fraction of sp³-hybridized carbons (Fsp3) is 0.590. The topological polar surface area (TPSA) is 115 Å². The summed E-state index contributed by atoms with van der Waals surface area (Å²) in [4.78, 5) is 56.1. The number of nitrogens with zero attached hydrogens (tertiary/aromatic N) is 3. The Morgan fingerprint density at radius 3 is 1.94 bits per heavy atom. The number of halogens is 4. The molecule has 2 aromatic carbocycles. The average molecular weight is 766 g/mol. The minimum atomic E-state index is -5.54. The van der Waals surface area contributed by atoms with E-state index in [1.165, 1.54) is 25.7 Å². The number of hydrogen-bond donors (Lipinski definition) is 0. The van der Waals surface area contributed by atoms with Crippen molar-refractivity contribution < 1.29 is 55.7 Å². The van der Waals surface area contributed by atoms with Gasteiger partial charge in [-0.1, -0.05) is 36.8 Å². The van der Waals surface area contributed by atoms with E-state index in [0.717, 1.165) is 30.2 Å². The van der Waals surface area contributed by atoms with Crippen molar-refractivity contribution in [3.63, 3.8) is 0 Å². The van der Waals surface area contributed by atoms with Crippen molar-refractivity contribution in [3.8, 4) is 5.75 Å². The van der Waals surface area contributed by atoms with Gasteiger partial charge in [0.1, 0.15) is 41.4 Å². The van der Waals surface area contributed by atoms with Crippen LogP contribution in [-0.2, 0) is 36.8 Å². The number of benzene rings is 2. The van der Waals surface area contributed by atoms with Crippen LogP contribution in [-0.4, -0.2) is 77.6 Å². The van der Waals surface area contributed by atoms with Gasteiger partial charge in [0, 0.05) is 31.1 Å². The van der Waals surface area contributed by atoms with Crippen LogP contribution in [0.3, 0.4) is 0 Å². The zero-order valence-corrected chi connectivity index (χ0v) is 32.4. The van der Waals surface area contributed by atoms with Crippen molar-refractivity contribution in [1.29, 1.82) is 0 Å². The molecule has 0 saturated heterocycles. The molecule has 298 valence electrons. The normalized spacial score (nSPS) is 16.2. The number of carbonyl (C=O) groups is 4. The van der Waals surface area contributed by atoms with Crippen LogP contribution in [0.25, 0.3) is 0 Å². The zero-order valence-electron chi connectivity index (χ0n) is 32.4. The van der Waals surface area contributed by atoms with Gasteiger partial charge in [0.2, 0.25) is 0 Å². The molecule has 2 aliphatic rings. The van der Waals surface area contributed by atoms with Crippen LogP contribution in [0.15, 0.2) is 36.4 Å². The van der Waals surface area contributed by atoms with Crippen LogP contribution in [0.2, 0.25) is 0 Å². The highest BCUT2D eigenvalue weighted by molar-refractivity contribution is 6.03. The standard InChI is InChI=1S/C39H51F4N3O8/c1-36(2,3)52-30(47)22-45(33(48)39(41,42)43)32-29(51-23-25-14-11-10-12-15-25)19-28-27(31(32)40)18-26(46(28)35(50)54-38(7,8)9)21-44(20-24-16-13-17-24)34(49)53-37(4,5)6/h10-12,14-15,19,24,26H,13,16-18,20-23H2,1-9H3/t26-/m1/s1. The number of esters is 1. The second-order valence-corrected chi connectivity index (χ2v) is 16.7. The molecule has 0 radical (unpaired) electrons. The number of amides is 3. The third-order valence-electron chi connectivity index (χ3n) is 8.43. The maximum atomic E-state index is 17.2. The minimum Gasteiger partial charge on any atom is -0.487 e. The molecule has 0 aromatic heterocycles. The van der Waals surface area contributed by atoms with Gasteiger partial charge in [-0.3, -0.25) is 19.4 Å². The molecule has 0 bridgehead atoms. The third-order valence-corrected chi connectivity index (χ3v) is 8.43. The van der Waals surface area contributed by atoms with Gasteiger partial charge in [-0.2, -0.15) is 13.2 Å². The molecule has 0 spiro atoms. The Labute approximate surface area is 313 Å². The van der Waals surface area contributed by atoms with Gasteiger partial charge in [0.15, 0.2) is 5.82 Å². The first-order valence-corrected chi connectivity index (χ1v) is 18.0. The van der Waals surface area contributed by atoms with Gasteiger partial charge < -0.3 is 23.8 Å². The first-order valence-electron chi connectivity index (χ1n) is 18.0. The Hall–Kier alpha value is -4.56. The Balaban J connectivity index is 1.90. The molecule has 0 N–H and O–H groups in total. The summed E-state index contributed by atoms with van der Waals surface area (Å²) in [6, 6.07) is 8.64. The largest absolute Gasteiger partial charge is 0.487 e. The molecular weight excluding hydrogens is 714 g/mol. The quantitative estimate of drug-likeness (QED) is 0.135. The van der Waals surface area contributed by atoms with Crippen molar-refractivity contribution in [2.24, 2.45) is 5.92 Å². The van der Waals surface area contributed by atoms with E-state index in [-0.39, 0.29) is 41.6 Å². The maximum Gasteiger partial charge on any atom is 0.471 e. The number of anilines is 2. The summed E-state index contributed by atoms with van der Waals surface area (Å²) >= 11 is 0. The Morgan fingerprint density at radius 2 is 1.43 bits per heavy atom. The molecule has 11 nitrogen and oxygen atoms in total. The lowest BCUT2D eigenvalue weighted by Gasteiger charge is -2.37. The molecule has 1 aliphatic heterocycles. The summed E-state index contributed by atoms with van der Waals surface area (Å²) in [7, 11) is 0. The monoisotopic (exact) mass is 765 g/mol. The highest BCUT2D eigenvalue weighted by Gasteiger charge is 2.48. The third kappa shape index (κ3) is 11.2. The van der Waals surface area contributed by atoms with Crippen LogP contribution >= 0.6 is 0 Å². The summed E-state index contributed by atoms with van der Waals surface area (Å²) in [5, 5.41) is 0. The van der Waals surface area contributed by atoms with Crippen molar-refractivity contribution in [2.75, 3.05) is 29.4 Å². The van der Waals surface area contributed by atoms with Crippen molar-refractivity contribution in [1.82, 2.24) is 4.90 Å². The van der Waals surface area contributed by atoms with Crippen LogP contribution in [0, 0.1) is 11.7 Å². The van der Waals surface area contributed by atoms with E-state index < -0.39 is 76.9 Å². The first-order chi connectivity index (χ1) is 24.8. The zero-order chi connectivity index (χ0) is 40.4. The molecule has 2 aromatic rings. The van der Waals surface area contributed by atoms with Crippen molar-refractivity contribution in [2.45, 2.75) is 124 Å². The van der Waals surface area contributed by atoms with Gasteiger partial charge in [0.05, 0.1) is 11.7 Å². The second-order valence-electron chi connectivity index (χ2n) is 16.7. The van der Waals surface area contributed by atoms with Crippen LogP contribution in [0.4, 0.5) is 38.5 Å². The molecule has 54 heavy (non-hydrogen) atoms. The summed E-state index contributed by atoms with van der Waals surface area (Å²) in [5.74, 6) is -5.47. The SMILES string of the molecule is CC(C)(C)OC(=O)CN(C(=O)C(F)(F)F)c1c(OCc2ccccc2)cc2c(c1F)C[C@H](CN(CC1CCC1)C(=O)OC(C)(C)C)N2C(=O)OC(C)(C)C. The highest BCUT2D eigenvalue weighted by atomic mass is 19.4. The van der Waals surface area contributed by atoms with E-state index in [4.69, 9.17) is 18.9 Å². The Morgan fingerprint density at radius 1 is 0.833 bits per heavy atom. The lowest BCUT2D eigenvalue weighted by Crippen LogP contribution is -2.50. The van der Waals surface area contributed by atoms with E-state index in [9.17, 15) is 32.3 Å². The summed E-state index contributed by atoms with van der Waals surface area (Å²) < 4.78 is 82.4. The number of rotatable bonds is 10. The van der Waals surface area contributed by atoms with Crippen LogP contribution < -0.4 is 14.5 Å². The molecule has 1 saturated carbocycles. The molecular formula is C39H51F4N3O8. The molecule has 1 aliphatic carbocycles. The van der Waals surface area contributed by atoms with Gasteiger partial charge in [-0.25, -0.2) is 14.0 Å². The second kappa shape index (κ2) is 16.0. The van der Waals surface area contributed by atoms with Gasteiger partial charge in [-0.05, 0) is 86.6 Å². The molecule has 1 atom stereocenters. The van der Waals surface area contributed by atoms with E-state index in [2.05, 4.69) is 0 Å². The minimum absolute atomic E-state index is 0.0429. The fourth-order valence-electron chi connectivity index (χ4n) is 6.08. The van der Waals surface area contributed by atoms with Gasteiger partial charge in [-0.15, -0.1) is 0 Å². The molecule has 4 rings (SSSR count). The van der Waals surface area contributed by atoms with Crippen molar-refractivity contribution >= 4 is 35.4 Å². The van der Waals surface area contributed by atoms with E-state index in [1.807, 2.05) is 0 Å². The first kappa shape index (κ1) is 42.2. The van der Waals surface area contributed by atoms with Gasteiger partial charge in [0.25, 0.3) is 0 Å². The number of carbonyl (C=O) groups excluding carboxylic acids is 4. The predicted molar refractivity (Wildman–Crippen MR) is 193 cm³/mol. The van der Waals surface area contributed by atoms with E-state index in [0.29, 0.717) is 12.1 Å². The lowest BCUT2D eigenvalue weighted by atomic mass is 9.85. The molecule has 15 heteroatoms. The molecule has 0 unspecified atom stereocenters. The van der Waals surface area contributed by atoms with E-state index >= 15 is 4.39 Å². The van der Waals surface area contributed by atoms with Crippen LogP contribution in [0.1, 0.15) is 92.7 Å². The summed E-state index contributed by atoms with van der Waals surface area (Å²) in [5.41, 5.74) is -3.76.